The molecule has 2 aromatic rings. The summed E-state index contributed by atoms with van der Waals surface area (Å²) in [5.41, 5.74) is 2.78. The lowest BCUT2D eigenvalue weighted by Crippen LogP contribution is -2.46. The van der Waals surface area contributed by atoms with E-state index in [9.17, 15) is 14.4 Å². The predicted molar refractivity (Wildman–Crippen MR) is 111 cm³/mol. The third kappa shape index (κ3) is 3.18. The van der Waals surface area contributed by atoms with Gasteiger partial charge in [0.15, 0.2) is 0 Å². The monoisotopic (exact) mass is 391 g/mol. The van der Waals surface area contributed by atoms with Crippen LogP contribution in [0, 0.1) is 6.92 Å². The molecule has 2 aromatic carbocycles. The van der Waals surface area contributed by atoms with Crippen LogP contribution in [0.4, 0.5) is 10.5 Å². The Morgan fingerprint density at radius 1 is 1.14 bits per heavy atom. The molecule has 1 N–H and O–H groups in total. The Balaban J connectivity index is 1.58. The Morgan fingerprint density at radius 3 is 2.62 bits per heavy atom. The van der Waals surface area contributed by atoms with Crippen molar-refractivity contribution in [2.24, 2.45) is 0 Å². The second kappa shape index (κ2) is 7.35. The molecule has 1 saturated heterocycles. The van der Waals surface area contributed by atoms with Gasteiger partial charge in [-0.15, -0.1) is 0 Å². The van der Waals surface area contributed by atoms with Gasteiger partial charge < -0.3 is 10.2 Å². The molecule has 6 nitrogen and oxygen atoms in total. The molecule has 0 saturated carbocycles. The lowest BCUT2D eigenvalue weighted by molar-refractivity contribution is -0.134. The number of carbonyl (C=O) groups is 3. The van der Waals surface area contributed by atoms with Gasteiger partial charge in [0.2, 0.25) is 5.91 Å². The van der Waals surface area contributed by atoms with E-state index in [1.165, 1.54) is 0 Å². The third-order valence-corrected chi connectivity index (χ3v) is 5.92. The lowest BCUT2D eigenvalue weighted by atomic mass is 9.87. The fraction of sp³-hybridized carbons (Fsp3) is 0.348. The fourth-order valence-electron chi connectivity index (χ4n) is 4.34. The van der Waals surface area contributed by atoms with Gasteiger partial charge in [-0.05, 0) is 43.4 Å². The second-order valence-corrected chi connectivity index (χ2v) is 7.73. The van der Waals surface area contributed by atoms with Crippen molar-refractivity contribution < 1.29 is 14.4 Å². The summed E-state index contributed by atoms with van der Waals surface area (Å²) in [4.78, 5) is 41.8. The third-order valence-electron chi connectivity index (χ3n) is 5.92. The van der Waals surface area contributed by atoms with Crippen LogP contribution >= 0.6 is 0 Å². The Kier molecular flexibility index (Phi) is 4.86. The van der Waals surface area contributed by atoms with E-state index in [0.717, 1.165) is 40.1 Å². The molecule has 0 aliphatic carbocycles. The number of hydrogen-bond donors (Lipinski definition) is 1. The van der Waals surface area contributed by atoms with Crippen LogP contribution in [-0.4, -0.2) is 35.8 Å². The summed E-state index contributed by atoms with van der Waals surface area (Å²) in [6.07, 6.45) is 2.21. The van der Waals surface area contributed by atoms with Gasteiger partial charge in [0, 0.05) is 12.2 Å². The minimum absolute atomic E-state index is 0.238. The first kappa shape index (κ1) is 19.2. The first-order valence-corrected chi connectivity index (χ1v) is 10.1. The van der Waals surface area contributed by atoms with Gasteiger partial charge in [0.1, 0.15) is 12.1 Å². The summed E-state index contributed by atoms with van der Waals surface area (Å²) in [6, 6.07) is 14.7. The maximum Gasteiger partial charge on any atom is 0.325 e. The van der Waals surface area contributed by atoms with Crippen LogP contribution in [0.1, 0.15) is 36.5 Å². The van der Waals surface area contributed by atoms with Crippen LogP contribution < -0.4 is 10.2 Å². The van der Waals surface area contributed by atoms with Crippen LogP contribution in [0.2, 0.25) is 0 Å². The zero-order valence-corrected chi connectivity index (χ0v) is 16.8. The van der Waals surface area contributed by atoms with E-state index in [2.05, 4.69) is 11.4 Å². The minimum atomic E-state index is -1.12. The highest BCUT2D eigenvalue weighted by molar-refractivity contribution is 6.10. The topological polar surface area (TPSA) is 69.7 Å². The quantitative estimate of drug-likeness (QED) is 0.814. The summed E-state index contributed by atoms with van der Waals surface area (Å²) < 4.78 is 0. The minimum Gasteiger partial charge on any atom is -0.319 e. The molecule has 4 amide bonds. The number of aryl methyl sites for hydroxylation is 2. The molecule has 0 radical (unpaired) electrons. The van der Waals surface area contributed by atoms with Crippen LogP contribution in [0.3, 0.4) is 0 Å². The molecule has 6 heteroatoms. The number of benzene rings is 2. The van der Waals surface area contributed by atoms with Crippen molar-refractivity contribution in [1.82, 2.24) is 10.2 Å². The highest BCUT2D eigenvalue weighted by Gasteiger charge is 2.51. The van der Waals surface area contributed by atoms with Crippen LogP contribution in [0.15, 0.2) is 48.5 Å². The van der Waals surface area contributed by atoms with E-state index in [4.69, 9.17) is 0 Å². The second-order valence-electron chi connectivity index (χ2n) is 7.73. The lowest BCUT2D eigenvalue weighted by Gasteiger charge is -2.31. The summed E-state index contributed by atoms with van der Waals surface area (Å²) in [5.74, 6) is -0.607. The molecule has 1 unspecified atom stereocenters. The molecule has 2 aliphatic rings. The first-order chi connectivity index (χ1) is 14.0. The van der Waals surface area contributed by atoms with E-state index in [-0.39, 0.29) is 18.4 Å². The number of anilines is 1. The zero-order valence-electron chi connectivity index (χ0n) is 16.8. The number of imide groups is 1. The predicted octanol–water partition coefficient (Wildman–Crippen LogP) is 3.13. The van der Waals surface area contributed by atoms with E-state index < -0.39 is 11.6 Å². The molecule has 150 valence electrons. The average Bonchev–Trinajstić information content (AvgIpc) is 2.98. The van der Waals surface area contributed by atoms with Crippen LogP contribution in [-0.2, 0) is 21.5 Å². The maximum absolute atomic E-state index is 13.2. The summed E-state index contributed by atoms with van der Waals surface area (Å²) in [5, 5.41) is 2.83. The van der Waals surface area contributed by atoms with E-state index in [0.29, 0.717) is 13.0 Å². The Morgan fingerprint density at radius 2 is 1.90 bits per heavy atom. The standard InChI is InChI=1S/C23H25N3O3/c1-3-23(18-9-5-4-6-10-18)21(28)26(22(29)24-23)15-20(27)25-13-7-8-17-14-16(2)11-12-19(17)25/h4-6,9-12,14H,3,7-8,13,15H2,1-2H3,(H,24,29). The maximum atomic E-state index is 13.2. The van der Waals surface area contributed by atoms with Crippen molar-refractivity contribution in [3.8, 4) is 0 Å². The van der Waals surface area contributed by atoms with Crippen molar-refractivity contribution in [1.29, 1.82) is 0 Å². The van der Waals surface area contributed by atoms with Gasteiger partial charge in [-0.3, -0.25) is 14.5 Å². The highest BCUT2D eigenvalue weighted by Crippen LogP contribution is 2.33. The van der Waals surface area contributed by atoms with Gasteiger partial charge >= 0.3 is 6.03 Å². The largest absolute Gasteiger partial charge is 0.325 e. The molecule has 0 spiro atoms. The Labute approximate surface area is 170 Å². The Bertz CT molecular complexity index is 973. The number of fused-ring (bicyclic) bond motifs is 1. The molecular weight excluding hydrogens is 366 g/mol. The molecule has 4 rings (SSSR count). The SMILES string of the molecule is CCC1(c2ccccc2)NC(=O)N(CC(=O)N2CCCc3cc(C)ccc32)C1=O. The van der Waals surface area contributed by atoms with Crippen molar-refractivity contribution in [2.75, 3.05) is 18.0 Å². The van der Waals surface area contributed by atoms with E-state index in [1.807, 2.05) is 56.3 Å². The molecule has 1 fully saturated rings. The van der Waals surface area contributed by atoms with E-state index >= 15 is 0 Å². The molecule has 1 atom stereocenters. The summed E-state index contributed by atoms with van der Waals surface area (Å²) in [7, 11) is 0. The number of carbonyl (C=O) groups excluding carboxylic acids is 3. The Hall–Kier alpha value is -3.15. The van der Waals surface area contributed by atoms with Crippen molar-refractivity contribution in [3.63, 3.8) is 0 Å². The molecule has 0 aromatic heterocycles. The number of nitrogens with one attached hydrogen (secondary N) is 1. The van der Waals surface area contributed by atoms with E-state index in [1.54, 1.807) is 4.90 Å². The molecule has 2 heterocycles. The highest BCUT2D eigenvalue weighted by atomic mass is 16.2. The smallest absolute Gasteiger partial charge is 0.319 e. The summed E-state index contributed by atoms with van der Waals surface area (Å²) in [6.45, 7) is 4.23. The van der Waals surface area contributed by atoms with Crippen LogP contribution in [0.5, 0.6) is 0 Å². The van der Waals surface area contributed by atoms with Crippen molar-refractivity contribution >= 4 is 23.5 Å². The van der Waals surface area contributed by atoms with Gasteiger partial charge in [-0.2, -0.15) is 0 Å². The molecular formula is C23H25N3O3. The van der Waals surface area contributed by atoms with Crippen molar-refractivity contribution in [3.05, 3.63) is 65.2 Å². The number of nitrogens with zero attached hydrogens (tertiary/aromatic N) is 2. The van der Waals surface area contributed by atoms with Gasteiger partial charge in [-0.25, -0.2) is 4.79 Å². The van der Waals surface area contributed by atoms with Gasteiger partial charge in [-0.1, -0.05) is 55.0 Å². The normalized spacial score (nSPS) is 21.2. The number of hydrogen-bond acceptors (Lipinski definition) is 3. The van der Waals surface area contributed by atoms with Gasteiger partial charge in [0.05, 0.1) is 0 Å². The average molecular weight is 391 g/mol. The zero-order chi connectivity index (χ0) is 20.6. The number of urea groups is 1. The fourth-order valence-corrected chi connectivity index (χ4v) is 4.34. The van der Waals surface area contributed by atoms with Gasteiger partial charge in [0.25, 0.3) is 5.91 Å². The van der Waals surface area contributed by atoms with Crippen molar-refractivity contribution in [2.45, 2.75) is 38.6 Å². The first-order valence-electron chi connectivity index (χ1n) is 10.1. The molecule has 0 bridgehead atoms. The molecule has 2 aliphatic heterocycles. The van der Waals surface area contributed by atoms with Crippen LogP contribution in [0.25, 0.3) is 0 Å². The number of rotatable bonds is 4. The summed E-state index contributed by atoms with van der Waals surface area (Å²) >= 11 is 0. The number of amides is 4. The molecule has 29 heavy (non-hydrogen) atoms.